The van der Waals surface area contributed by atoms with Gasteiger partial charge in [0.2, 0.25) is 0 Å². The van der Waals surface area contributed by atoms with E-state index in [9.17, 15) is 0 Å². The summed E-state index contributed by atoms with van der Waals surface area (Å²) in [6, 6.07) is 0. The second-order valence-electron chi connectivity index (χ2n) is 2.85. The van der Waals surface area contributed by atoms with Gasteiger partial charge in [0.1, 0.15) is 0 Å². The molecule has 0 bridgehead atoms. The fourth-order valence-electron chi connectivity index (χ4n) is 1.41. The Morgan fingerprint density at radius 3 is 1.15 bits per heavy atom. The van der Waals surface area contributed by atoms with E-state index in [1.807, 2.05) is 0 Å². The maximum absolute atomic E-state index is 6.42. The third-order valence-corrected chi connectivity index (χ3v) is 7.94. The van der Waals surface area contributed by atoms with Crippen molar-refractivity contribution >= 4 is 29.2 Å². The lowest BCUT2D eigenvalue weighted by molar-refractivity contribution is 0.386. The SMILES string of the molecule is CCN(CC)[Si](Cl)(Cl)N(CC)CC. The summed E-state index contributed by atoms with van der Waals surface area (Å²) >= 11 is 12.8. The third kappa shape index (κ3) is 3.40. The lowest BCUT2D eigenvalue weighted by atomic mass is 10.7. The van der Waals surface area contributed by atoms with Crippen molar-refractivity contribution < 1.29 is 0 Å². The summed E-state index contributed by atoms with van der Waals surface area (Å²) in [5, 5.41) is 0. The van der Waals surface area contributed by atoms with Crippen LogP contribution < -0.4 is 0 Å². The highest BCUT2D eigenvalue weighted by Gasteiger charge is 2.40. The van der Waals surface area contributed by atoms with E-state index in [2.05, 4.69) is 36.8 Å². The summed E-state index contributed by atoms with van der Waals surface area (Å²) in [6.45, 7) is 12.1. The lowest BCUT2D eigenvalue weighted by Crippen LogP contribution is -2.58. The molecule has 0 saturated carbocycles. The van der Waals surface area contributed by atoms with Crippen molar-refractivity contribution in [2.45, 2.75) is 27.7 Å². The summed E-state index contributed by atoms with van der Waals surface area (Å²) in [6.07, 6.45) is 0. The van der Waals surface area contributed by atoms with Gasteiger partial charge in [0.05, 0.1) is 0 Å². The zero-order valence-corrected chi connectivity index (χ0v) is 11.5. The van der Waals surface area contributed by atoms with E-state index in [0.717, 1.165) is 26.2 Å². The van der Waals surface area contributed by atoms with E-state index in [-0.39, 0.29) is 0 Å². The van der Waals surface area contributed by atoms with Crippen LogP contribution in [-0.2, 0) is 0 Å². The average Bonchev–Trinajstić information content (AvgIpc) is 2.07. The van der Waals surface area contributed by atoms with Crippen LogP contribution in [-0.4, -0.2) is 42.3 Å². The molecule has 0 aromatic carbocycles. The van der Waals surface area contributed by atoms with Crippen LogP contribution in [0.2, 0.25) is 0 Å². The molecular weight excluding hydrogens is 223 g/mol. The molecule has 0 heterocycles. The Bertz CT molecular complexity index is 122. The predicted molar refractivity (Wildman–Crippen MR) is 63.3 cm³/mol. The van der Waals surface area contributed by atoms with Crippen LogP contribution in [0.15, 0.2) is 0 Å². The molecule has 2 nitrogen and oxygen atoms in total. The monoisotopic (exact) mass is 242 g/mol. The molecule has 0 amide bonds. The normalized spacial score (nSPS) is 12.9. The van der Waals surface area contributed by atoms with Crippen molar-refractivity contribution in [1.82, 2.24) is 9.13 Å². The van der Waals surface area contributed by atoms with Crippen molar-refractivity contribution in [1.29, 1.82) is 0 Å². The minimum atomic E-state index is -2.35. The second kappa shape index (κ2) is 6.25. The van der Waals surface area contributed by atoms with Gasteiger partial charge >= 0.3 is 7.02 Å². The number of rotatable bonds is 6. The molecule has 0 spiro atoms. The van der Waals surface area contributed by atoms with Gasteiger partial charge < -0.3 is 0 Å². The van der Waals surface area contributed by atoms with E-state index in [1.54, 1.807) is 0 Å². The maximum Gasteiger partial charge on any atom is 0.408 e. The van der Waals surface area contributed by atoms with Crippen molar-refractivity contribution in [3.05, 3.63) is 0 Å². The van der Waals surface area contributed by atoms with Gasteiger partial charge in [-0.1, -0.05) is 27.7 Å². The Hall–Kier alpha value is 0.717. The lowest BCUT2D eigenvalue weighted by Gasteiger charge is -2.37. The molecule has 0 rings (SSSR count). The van der Waals surface area contributed by atoms with Crippen LogP contribution in [0.25, 0.3) is 0 Å². The van der Waals surface area contributed by atoms with Gasteiger partial charge in [0.15, 0.2) is 0 Å². The molecule has 0 unspecified atom stereocenters. The minimum Gasteiger partial charge on any atom is -0.288 e. The number of halogens is 2. The molecule has 5 heteroatoms. The molecule has 0 saturated heterocycles. The first-order chi connectivity index (χ1) is 6.04. The van der Waals surface area contributed by atoms with Crippen LogP contribution in [0.1, 0.15) is 27.7 Å². The Labute approximate surface area is 92.4 Å². The molecule has 0 aliphatic rings. The molecule has 0 aliphatic heterocycles. The van der Waals surface area contributed by atoms with E-state index in [4.69, 9.17) is 22.2 Å². The Morgan fingerprint density at radius 2 is 1.00 bits per heavy atom. The fraction of sp³-hybridized carbons (Fsp3) is 1.00. The quantitative estimate of drug-likeness (QED) is 0.522. The average molecular weight is 243 g/mol. The van der Waals surface area contributed by atoms with Gasteiger partial charge in [-0.15, -0.1) is 22.2 Å². The van der Waals surface area contributed by atoms with Crippen molar-refractivity contribution in [2.24, 2.45) is 0 Å². The Morgan fingerprint density at radius 1 is 0.769 bits per heavy atom. The molecule has 0 aromatic heterocycles. The van der Waals surface area contributed by atoms with Gasteiger partial charge in [0, 0.05) is 0 Å². The summed E-state index contributed by atoms with van der Waals surface area (Å²) in [7, 11) is -2.35. The summed E-state index contributed by atoms with van der Waals surface area (Å²) in [5.74, 6) is 0. The van der Waals surface area contributed by atoms with E-state index in [0.29, 0.717) is 0 Å². The third-order valence-electron chi connectivity index (χ3n) is 2.29. The highest BCUT2D eigenvalue weighted by Crippen LogP contribution is 2.24. The number of hydrogen-bond donors (Lipinski definition) is 0. The van der Waals surface area contributed by atoms with E-state index in [1.165, 1.54) is 0 Å². The van der Waals surface area contributed by atoms with E-state index < -0.39 is 7.02 Å². The predicted octanol–water partition coefficient (Wildman–Crippen LogP) is 2.58. The van der Waals surface area contributed by atoms with Crippen LogP contribution in [0.3, 0.4) is 0 Å². The molecule has 0 atom stereocenters. The summed E-state index contributed by atoms with van der Waals surface area (Å²) in [4.78, 5) is 0. The standard InChI is InChI=1S/C8H20Cl2N2Si/c1-5-11(6-2)13(9,10)12(7-3)8-4/h5-8H2,1-4H3. The van der Waals surface area contributed by atoms with Crippen LogP contribution in [0.4, 0.5) is 0 Å². The maximum atomic E-state index is 6.42. The van der Waals surface area contributed by atoms with Crippen LogP contribution >= 0.6 is 22.2 Å². The Kier molecular flexibility index (Phi) is 6.59. The molecule has 0 N–H and O–H groups in total. The number of nitrogens with zero attached hydrogens (tertiary/aromatic N) is 2. The first-order valence-electron chi connectivity index (χ1n) is 4.92. The van der Waals surface area contributed by atoms with Gasteiger partial charge in [0.25, 0.3) is 0 Å². The molecule has 0 radical (unpaired) electrons. The van der Waals surface area contributed by atoms with Crippen molar-refractivity contribution in [3.63, 3.8) is 0 Å². The van der Waals surface area contributed by atoms with Gasteiger partial charge in [-0.25, -0.2) is 0 Å². The minimum absolute atomic E-state index is 0.923. The molecule has 13 heavy (non-hydrogen) atoms. The topological polar surface area (TPSA) is 6.48 Å². The van der Waals surface area contributed by atoms with Crippen LogP contribution in [0, 0.1) is 0 Å². The first kappa shape index (κ1) is 13.7. The highest BCUT2D eigenvalue weighted by molar-refractivity contribution is 7.42. The van der Waals surface area contributed by atoms with Gasteiger partial charge in [-0.05, 0) is 26.2 Å². The van der Waals surface area contributed by atoms with Gasteiger partial charge in [-0.3, -0.25) is 9.13 Å². The fourth-order valence-corrected chi connectivity index (χ4v) is 6.20. The summed E-state index contributed by atoms with van der Waals surface area (Å²) in [5.41, 5.74) is 0. The zero-order valence-electron chi connectivity index (χ0n) is 8.98. The highest BCUT2D eigenvalue weighted by atomic mass is 35.7. The van der Waals surface area contributed by atoms with E-state index >= 15 is 0 Å². The molecule has 0 fully saturated rings. The summed E-state index contributed by atoms with van der Waals surface area (Å²) < 4.78 is 4.34. The molecule has 80 valence electrons. The Balaban J connectivity index is 4.48. The molecule has 0 aliphatic carbocycles. The largest absolute Gasteiger partial charge is 0.408 e. The van der Waals surface area contributed by atoms with Crippen LogP contribution in [0.5, 0.6) is 0 Å². The molecular formula is C8H20Cl2N2Si. The van der Waals surface area contributed by atoms with Gasteiger partial charge in [-0.2, -0.15) is 0 Å². The molecule has 0 aromatic rings. The van der Waals surface area contributed by atoms with Crippen molar-refractivity contribution in [2.75, 3.05) is 26.2 Å². The number of hydrogen-bond acceptors (Lipinski definition) is 2. The second-order valence-corrected chi connectivity index (χ2v) is 8.88. The zero-order chi connectivity index (χ0) is 10.5. The first-order valence-corrected chi connectivity index (χ1v) is 8.84. The van der Waals surface area contributed by atoms with Crippen molar-refractivity contribution in [3.8, 4) is 0 Å². The smallest absolute Gasteiger partial charge is 0.288 e.